The van der Waals surface area contributed by atoms with Gasteiger partial charge in [-0.1, -0.05) is 30.3 Å². The van der Waals surface area contributed by atoms with Crippen LogP contribution in [0.4, 0.5) is 0 Å². The second-order valence-corrected chi connectivity index (χ2v) is 6.06. The minimum absolute atomic E-state index is 0.00289. The summed E-state index contributed by atoms with van der Waals surface area (Å²) in [5.41, 5.74) is 1.21. The Balaban J connectivity index is 1.64. The fourth-order valence-corrected chi connectivity index (χ4v) is 2.67. The number of carbonyl (C=O) groups is 2. The highest BCUT2D eigenvalue weighted by Gasteiger charge is 2.24. The molecular formula is C15H20N2O2S. The average Bonchev–Trinajstić information content (AvgIpc) is 3.23. The van der Waals surface area contributed by atoms with Crippen LogP contribution in [-0.4, -0.2) is 42.1 Å². The van der Waals surface area contributed by atoms with Gasteiger partial charge in [-0.05, 0) is 18.4 Å². The average molecular weight is 292 g/mol. The van der Waals surface area contributed by atoms with Crippen LogP contribution >= 0.6 is 11.8 Å². The van der Waals surface area contributed by atoms with E-state index in [2.05, 4.69) is 5.32 Å². The lowest BCUT2D eigenvalue weighted by Crippen LogP contribution is -2.39. The normalized spacial score (nSPS) is 13.8. The molecule has 4 nitrogen and oxygen atoms in total. The molecule has 1 fully saturated rings. The highest BCUT2D eigenvalue weighted by molar-refractivity contribution is 7.99. The standard InChI is InChI=1S/C15H20N2O2S/c1-17(9-14(18)16-13-7-8-13)15(19)11-20-10-12-5-3-2-4-6-12/h2-6,13H,7-11H2,1H3,(H,16,18). The van der Waals surface area contributed by atoms with E-state index in [1.807, 2.05) is 30.3 Å². The summed E-state index contributed by atoms with van der Waals surface area (Å²) in [5, 5.41) is 2.88. The predicted molar refractivity (Wildman–Crippen MR) is 81.4 cm³/mol. The number of benzene rings is 1. The van der Waals surface area contributed by atoms with Crippen LogP contribution in [0.1, 0.15) is 18.4 Å². The van der Waals surface area contributed by atoms with Gasteiger partial charge in [-0.25, -0.2) is 0 Å². The molecular weight excluding hydrogens is 272 g/mol. The van der Waals surface area contributed by atoms with Crippen molar-refractivity contribution in [3.8, 4) is 0 Å². The quantitative estimate of drug-likeness (QED) is 0.831. The topological polar surface area (TPSA) is 49.4 Å². The number of hydrogen-bond donors (Lipinski definition) is 1. The minimum atomic E-state index is -0.0589. The second-order valence-electron chi connectivity index (χ2n) is 5.07. The predicted octanol–water partition coefficient (Wildman–Crippen LogP) is 1.66. The highest BCUT2D eigenvalue weighted by atomic mass is 32.2. The molecule has 1 aliphatic carbocycles. The van der Waals surface area contributed by atoms with Crippen LogP contribution in [-0.2, 0) is 15.3 Å². The molecule has 1 aromatic carbocycles. The second kappa shape index (κ2) is 7.33. The monoisotopic (exact) mass is 292 g/mol. The van der Waals surface area contributed by atoms with E-state index in [9.17, 15) is 9.59 Å². The Morgan fingerprint density at radius 2 is 2.00 bits per heavy atom. The van der Waals surface area contributed by atoms with Crippen molar-refractivity contribution in [1.82, 2.24) is 10.2 Å². The van der Waals surface area contributed by atoms with Gasteiger partial charge < -0.3 is 10.2 Å². The van der Waals surface area contributed by atoms with Gasteiger partial charge in [-0.2, -0.15) is 0 Å². The van der Waals surface area contributed by atoms with Gasteiger partial charge in [0.05, 0.1) is 12.3 Å². The molecule has 0 heterocycles. The van der Waals surface area contributed by atoms with Gasteiger partial charge in [-0.15, -0.1) is 11.8 Å². The van der Waals surface area contributed by atoms with E-state index >= 15 is 0 Å². The smallest absolute Gasteiger partial charge is 0.239 e. The van der Waals surface area contributed by atoms with E-state index in [4.69, 9.17) is 0 Å². The van der Waals surface area contributed by atoms with E-state index in [-0.39, 0.29) is 18.4 Å². The number of amides is 2. The van der Waals surface area contributed by atoms with Crippen molar-refractivity contribution in [3.63, 3.8) is 0 Å². The Morgan fingerprint density at radius 3 is 2.65 bits per heavy atom. The number of nitrogens with one attached hydrogen (secondary N) is 1. The third-order valence-corrected chi connectivity index (χ3v) is 4.07. The molecule has 20 heavy (non-hydrogen) atoms. The Kier molecular flexibility index (Phi) is 5.47. The lowest BCUT2D eigenvalue weighted by Gasteiger charge is -2.16. The van der Waals surface area contributed by atoms with Gasteiger partial charge in [-0.3, -0.25) is 9.59 Å². The van der Waals surface area contributed by atoms with Crippen LogP contribution < -0.4 is 5.32 Å². The largest absolute Gasteiger partial charge is 0.352 e. The van der Waals surface area contributed by atoms with Crippen molar-refractivity contribution in [1.29, 1.82) is 0 Å². The first-order chi connectivity index (χ1) is 9.65. The van der Waals surface area contributed by atoms with Crippen molar-refractivity contribution in [3.05, 3.63) is 35.9 Å². The zero-order valence-corrected chi connectivity index (χ0v) is 12.5. The van der Waals surface area contributed by atoms with Gasteiger partial charge in [0.1, 0.15) is 0 Å². The summed E-state index contributed by atoms with van der Waals surface area (Å²) in [5.74, 6) is 1.16. The minimum Gasteiger partial charge on any atom is -0.352 e. The maximum absolute atomic E-state index is 11.9. The molecule has 5 heteroatoms. The number of thioether (sulfide) groups is 1. The van der Waals surface area contributed by atoms with Gasteiger partial charge in [0.15, 0.2) is 0 Å². The van der Waals surface area contributed by atoms with E-state index < -0.39 is 0 Å². The number of rotatable bonds is 7. The van der Waals surface area contributed by atoms with Gasteiger partial charge in [0.25, 0.3) is 0 Å². The molecule has 108 valence electrons. The Labute approximate surface area is 123 Å². The third kappa shape index (κ3) is 5.25. The van der Waals surface area contributed by atoms with Crippen molar-refractivity contribution in [2.75, 3.05) is 19.3 Å². The molecule has 0 aliphatic heterocycles. The lowest BCUT2D eigenvalue weighted by atomic mass is 10.2. The van der Waals surface area contributed by atoms with Crippen LogP contribution in [0, 0.1) is 0 Å². The maximum atomic E-state index is 11.9. The summed E-state index contributed by atoms with van der Waals surface area (Å²) in [6, 6.07) is 10.4. The third-order valence-electron chi connectivity index (χ3n) is 3.09. The van der Waals surface area contributed by atoms with Crippen LogP contribution in [0.25, 0.3) is 0 Å². The molecule has 0 saturated heterocycles. The molecule has 0 radical (unpaired) electrons. The summed E-state index contributed by atoms with van der Waals surface area (Å²) in [7, 11) is 1.68. The molecule has 0 spiro atoms. The van der Waals surface area contributed by atoms with Crippen LogP contribution in [0.5, 0.6) is 0 Å². The zero-order valence-electron chi connectivity index (χ0n) is 11.7. The molecule has 2 amide bonds. The summed E-state index contributed by atoms with van der Waals surface area (Å²) >= 11 is 1.57. The SMILES string of the molecule is CN(CC(=O)NC1CC1)C(=O)CSCc1ccccc1. The van der Waals surface area contributed by atoms with Crippen molar-refractivity contribution in [2.24, 2.45) is 0 Å². The van der Waals surface area contributed by atoms with E-state index in [1.165, 1.54) is 10.5 Å². The van der Waals surface area contributed by atoms with Gasteiger partial charge in [0.2, 0.25) is 11.8 Å². The number of carbonyl (C=O) groups excluding carboxylic acids is 2. The zero-order chi connectivity index (χ0) is 14.4. The Bertz CT molecular complexity index is 460. The Morgan fingerprint density at radius 1 is 1.30 bits per heavy atom. The Hall–Kier alpha value is -1.49. The molecule has 0 aromatic heterocycles. The van der Waals surface area contributed by atoms with Crippen molar-refractivity contribution in [2.45, 2.75) is 24.6 Å². The van der Waals surface area contributed by atoms with E-state index in [0.717, 1.165) is 18.6 Å². The first-order valence-corrected chi connectivity index (χ1v) is 7.95. The molecule has 1 saturated carbocycles. The first kappa shape index (κ1) is 14.9. The molecule has 1 aromatic rings. The lowest BCUT2D eigenvalue weighted by molar-refractivity contribution is -0.132. The van der Waals surface area contributed by atoms with E-state index in [0.29, 0.717) is 11.8 Å². The fourth-order valence-electron chi connectivity index (χ4n) is 1.75. The van der Waals surface area contributed by atoms with Crippen LogP contribution in [0.3, 0.4) is 0 Å². The summed E-state index contributed by atoms with van der Waals surface area (Å²) < 4.78 is 0. The highest BCUT2D eigenvalue weighted by Crippen LogP contribution is 2.18. The molecule has 0 bridgehead atoms. The molecule has 2 rings (SSSR count). The van der Waals surface area contributed by atoms with Crippen LogP contribution in [0.15, 0.2) is 30.3 Å². The number of hydrogen-bond acceptors (Lipinski definition) is 3. The van der Waals surface area contributed by atoms with E-state index in [1.54, 1.807) is 18.8 Å². The summed E-state index contributed by atoms with van der Waals surface area (Å²) in [6.07, 6.45) is 2.13. The summed E-state index contributed by atoms with van der Waals surface area (Å²) in [6.45, 7) is 0.154. The first-order valence-electron chi connectivity index (χ1n) is 6.80. The fraction of sp³-hybridized carbons (Fsp3) is 0.467. The van der Waals surface area contributed by atoms with Crippen molar-refractivity contribution < 1.29 is 9.59 Å². The maximum Gasteiger partial charge on any atom is 0.239 e. The van der Waals surface area contributed by atoms with Gasteiger partial charge in [0, 0.05) is 18.8 Å². The number of nitrogens with zero attached hydrogens (tertiary/aromatic N) is 1. The molecule has 1 aliphatic rings. The van der Waals surface area contributed by atoms with Gasteiger partial charge >= 0.3 is 0 Å². The molecule has 1 N–H and O–H groups in total. The van der Waals surface area contributed by atoms with Crippen molar-refractivity contribution >= 4 is 23.6 Å². The number of likely N-dealkylation sites (N-methyl/N-ethyl adjacent to an activating group) is 1. The molecule has 0 unspecified atom stereocenters. The molecule has 0 atom stereocenters. The summed E-state index contributed by atoms with van der Waals surface area (Å²) in [4.78, 5) is 25.0. The van der Waals surface area contributed by atoms with Crippen LogP contribution in [0.2, 0.25) is 0 Å².